The van der Waals surface area contributed by atoms with E-state index in [0.29, 0.717) is 33.9 Å². The zero-order valence-corrected chi connectivity index (χ0v) is 11.5. The van der Waals surface area contributed by atoms with Crippen LogP contribution in [0.1, 0.15) is 27.0 Å². The van der Waals surface area contributed by atoms with Gasteiger partial charge in [-0.1, -0.05) is 0 Å². The molecule has 0 fully saturated rings. The van der Waals surface area contributed by atoms with Crippen LogP contribution in [0.2, 0.25) is 0 Å². The molecule has 0 aliphatic carbocycles. The SMILES string of the molecule is Cc1cc(C(=O)c2cc(C)c(N)c(N)c2)cc(N)c1N. The van der Waals surface area contributed by atoms with Crippen LogP contribution in [0, 0.1) is 13.8 Å². The molecule has 0 saturated heterocycles. The van der Waals surface area contributed by atoms with E-state index in [2.05, 4.69) is 0 Å². The summed E-state index contributed by atoms with van der Waals surface area (Å²) >= 11 is 0. The fourth-order valence-corrected chi connectivity index (χ4v) is 2.08. The summed E-state index contributed by atoms with van der Waals surface area (Å²) in [5.74, 6) is -0.158. The number of carbonyl (C=O) groups is 1. The molecule has 8 N–H and O–H groups in total. The highest BCUT2D eigenvalue weighted by Gasteiger charge is 2.14. The van der Waals surface area contributed by atoms with Gasteiger partial charge in [-0.2, -0.15) is 0 Å². The molecule has 0 radical (unpaired) electrons. The lowest BCUT2D eigenvalue weighted by molar-refractivity contribution is 0.103. The zero-order chi connectivity index (χ0) is 15.0. The van der Waals surface area contributed by atoms with Crippen LogP contribution in [-0.2, 0) is 0 Å². The molecule has 0 aliphatic heterocycles. The standard InChI is InChI=1S/C15H18N4O/c1-7-3-9(5-11(16)13(7)18)15(20)10-4-8(2)14(19)12(17)6-10/h3-6H,16-19H2,1-2H3. The van der Waals surface area contributed by atoms with Gasteiger partial charge >= 0.3 is 0 Å². The number of anilines is 4. The second-order valence-corrected chi connectivity index (χ2v) is 4.92. The molecule has 5 nitrogen and oxygen atoms in total. The predicted octanol–water partition coefficient (Wildman–Crippen LogP) is 1.86. The summed E-state index contributed by atoms with van der Waals surface area (Å²) in [5.41, 5.74) is 27.5. The number of nitrogen functional groups attached to an aromatic ring is 4. The number of aryl methyl sites for hydroxylation is 2. The zero-order valence-electron chi connectivity index (χ0n) is 11.5. The van der Waals surface area contributed by atoms with Crippen molar-refractivity contribution in [3.05, 3.63) is 46.5 Å². The summed E-state index contributed by atoms with van der Waals surface area (Å²) < 4.78 is 0. The highest BCUT2D eigenvalue weighted by atomic mass is 16.1. The number of hydrogen-bond donors (Lipinski definition) is 4. The second kappa shape index (κ2) is 4.77. The Morgan fingerprint density at radius 2 is 1.10 bits per heavy atom. The lowest BCUT2D eigenvalue weighted by Crippen LogP contribution is -2.07. The quantitative estimate of drug-likeness (QED) is 0.490. The maximum Gasteiger partial charge on any atom is 0.193 e. The number of ketones is 1. The first-order valence-corrected chi connectivity index (χ1v) is 6.17. The molecule has 104 valence electrons. The van der Waals surface area contributed by atoms with Crippen molar-refractivity contribution < 1.29 is 4.79 Å². The van der Waals surface area contributed by atoms with Crippen molar-refractivity contribution in [1.82, 2.24) is 0 Å². The summed E-state index contributed by atoms with van der Waals surface area (Å²) in [4.78, 5) is 12.5. The smallest absolute Gasteiger partial charge is 0.193 e. The van der Waals surface area contributed by atoms with Crippen molar-refractivity contribution in [3.8, 4) is 0 Å². The monoisotopic (exact) mass is 270 g/mol. The van der Waals surface area contributed by atoms with Crippen LogP contribution >= 0.6 is 0 Å². The summed E-state index contributed by atoms with van der Waals surface area (Å²) in [6, 6.07) is 6.59. The van der Waals surface area contributed by atoms with Crippen LogP contribution in [0.3, 0.4) is 0 Å². The van der Waals surface area contributed by atoms with E-state index < -0.39 is 0 Å². The minimum absolute atomic E-state index is 0.158. The van der Waals surface area contributed by atoms with Gasteiger partial charge in [0, 0.05) is 11.1 Å². The molecular weight excluding hydrogens is 252 g/mol. The molecular formula is C15H18N4O. The van der Waals surface area contributed by atoms with Crippen LogP contribution in [0.25, 0.3) is 0 Å². The average molecular weight is 270 g/mol. The molecule has 0 aliphatic rings. The number of nitrogens with two attached hydrogens (primary N) is 4. The maximum atomic E-state index is 12.5. The Bertz CT molecular complexity index is 602. The Morgan fingerprint density at radius 1 is 0.750 bits per heavy atom. The molecule has 5 heteroatoms. The van der Waals surface area contributed by atoms with E-state index in [-0.39, 0.29) is 5.78 Å². The fourth-order valence-electron chi connectivity index (χ4n) is 2.08. The van der Waals surface area contributed by atoms with E-state index in [1.165, 1.54) is 0 Å². The third kappa shape index (κ3) is 2.25. The van der Waals surface area contributed by atoms with Gasteiger partial charge in [0.05, 0.1) is 22.7 Å². The molecule has 2 aromatic carbocycles. The third-order valence-corrected chi connectivity index (χ3v) is 3.36. The van der Waals surface area contributed by atoms with Crippen LogP contribution in [0.15, 0.2) is 24.3 Å². The van der Waals surface area contributed by atoms with Gasteiger partial charge in [0.1, 0.15) is 0 Å². The van der Waals surface area contributed by atoms with Crippen molar-refractivity contribution in [2.75, 3.05) is 22.9 Å². The van der Waals surface area contributed by atoms with E-state index in [1.54, 1.807) is 24.3 Å². The van der Waals surface area contributed by atoms with Gasteiger partial charge in [-0.3, -0.25) is 4.79 Å². The van der Waals surface area contributed by atoms with Gasteiger partial charge in [0.25, 0.3) is 0 Å². The van der Waals surface area contributed by atoms with Gasteiger partial charge in [-0.15, -0.1) is 0 Å². The number of hydrogen-bond acceptors (Lipinski definition) is 5. The summed E-state index contributed by atoms with van der Waals surface area (Å²) in [5, 5.41) is 0. The van der Waals surface area contributed by atoms with E-state index >= 15 is 0 Å². The van der Waals surface area contributed by atoms with Crippen molar-refractivity contribution in [1.29, 1.82) is 0 Å². The number of rotatable bonds is 2. The van der Waals surface area contributed by atoms with Gasteiger partial charge in [0.2, 0.25) is 0 Å². The minimum Gasteiger partial charge on any atom is -0.397 e. The van der Waals surface area contributed by atoms with Crippen molar-refractivity contribution in [2.45, 2.75) is 13.8 Å². The van der Waals surface area contributed by atoms with Crippen LogP contribution < -0.4 is 22.9 Å². The highest BCUT2D eigenvalue weighted by Crippen LogP contribution is 2.26. The molecule has 0 unspecified atom stereocenters. The van der Waals surface area contributed by atoms with Crippen LogP contribution in [-0.4, -0.2) is 5.78 Å². The van der Waals surface area contributed by atoms with Crippen molar-refractivity contribution >= 4 is 28.5 Å². The van der Waals surface area contributed by atoms with E-state index in [0.717, 1.165) is 11.1 Å². The predicted molar refractivity (Wildman–Crippen MR) is 83.4 cm³/mol. The molecule has 2 aromatic rings. The third-order valence-electron chi connectivity index (χ3n) is 3.36. The summed E-state index contributed by atoms with van der Waals surface area (Å²) in [7, 11) is 0. The first-order valence-electron chi connectivity index (χ1n) is 6.17. The molecule has 0 atom stereocenters. The van der Waals surface area contributed by atoms with Crippen molar-refractivity contribution in [3.63, 3.8) is 0 Å². The molecule has 20 heavy (non-hydrogen) atoms. The van der Waals surface area contributed by atoms with E-state index in [4.69, 9.17) is 22.9 Å². The van der Waals surface area contributed by atoms with Crippen LogP contribution in [0.4, 0.5) is 22.7 Å². The van der Waals surface area contributed by atoms with Gasteiger partial charge < -0.3 is 22.9 Å². The molecule has 0 saturated carbocycles. The maximum absolute atomic E-state index is 12.5. The number of carbonyl (C=O) groups excluding carboxylic acids is 1. The molecule has 0 heterocycles. The van der Waals surface area contributed by atoms with Crippen LogP contribution in [0.5, 0.6) is 0 Å². The minimum atomic E-state index is -0.158. The Labute approximate surface area is 117 Å². The largest absolute Gasteiger partial charge is 0.397 e. The van der Waals surface area contributed by atoms with Gasteiger partial charge in [-0.25, -0.2) is 0 Å². The average Bonchev–Trinajstić information content (AvgIpc) is 2.40. The lowest BCUT2D eigenvalue weighted by Gasteiger charge is -2.10. The van der Waals surface area contributed by atoms with Gasteiger partial charge in [0.15, 0.2) is 5.78 Å². The molecule has 0 bridgehead atoms. The fraction of sp³-hybridized carbons (Fsp3) is 0.133. The topological polar surface area (TPSA) is 121 Å². The Balaban J connectivity index is 2.52. The van der Waals surface area contributed by atoms with E-state index in [1.807, 2.05) is 13.8 Å². The van der Waals surface area contributed by atoms with E-state index in [9.17, 15) is 4.79 Å². The molecule has 0 aromatic heterocycles. The summed E-state index contributed by atoms with van der Waals surface area (Å²) in [6.07, 6.45) is 0. The second-order valence-electron chi connectivity index (χ2n) is 4.92. The molecule has 2 rings (SSSR count). The van der Waals surface area contributed by atoms with Crippen molar-refractivity contribution in [2.24, 2.45) is 0 Å². The molecule has 0 amide bonds. The van der Waals surface area contributed by atoms with Gasteiger partial charge in [-0.05, 0) is 49.2 Å². The lowest BCUT2D eigenvalue weighted by atomic mass is 9.97. The Morgan fingerprint density at radius 3 is 1.40 bits per heavy atom. The Hall–Kier alpha value is -2.69. The number of benzene rings is 2. The normalized spacial score (nSPS) is 10.5. The summed E-state index contributed by atoms with van der Waals surface area (Å²) in [6.45, 7) is 3.62. The first kappa shape index (κ1) is 13.7. The highest BCUT2D eigenvalue weighted by molar-refractivity contribution is 6.11. The Kier molecular flexibility index (Phi) is 3.28. The molecule has 0 spiro atoms. The first-order chi connectivity index (χ1) is 9.31.